The molecule has 0 fully saturated rings. The topological polar surface area (TPSA) is 50.7 Å². The van der Waals surface area contributed by atoms with Gasteiger partial charge in [0.25, 0.3) is 5.91 Å². The Labute approximate surface area is 177 Å². The summed E-state index contributed by atoms with van der Waals surface area (Å²) in [7, 11) is 0. The first kappa shape index (κ1) is 20.2. The van der Waals surface area contributed by atoms with E-state index >= 15 is 0 Å². The Morgan fingerprint density at radius 1 is 0.903 bits per heavy atom. The highest BCUT2D eigenvalue weighted by atomic mass is 19.1. The normalized spacial score (nSPS) is 11.0. The first-order valence-corrected chi connectivity index (χ1v) is 9.59. The van der Waals surface area contributed by atoms with Crippen molar-refractivity contribution in [2.45, 2.75) is 6.61 Å². The largest absolute Gasteiger partial charge is 0.488 e. The van der Waals surface area contributed by atoms with E-state index in [4.69, 9.17) is 4.74 Å². The second kappa shape index (κ2) is 9.17. The third-order valence-electron chi connectivity index (χ3n) is 4.72. The van der Waals surface area contributed by atoms with Crippen LogP contribution in [0.5, 0.6) is 5.75 Å². The van der Waals surface area contributed by atoms with Crippen LogP contribution in [-0.2, 0) is 6.61 Å². The van der Waals surface area contributed by atoms with Gasteiger partial charge in [0.15, 0.2) is 0 Å². The molecule has 0 radical (unpaired) electrons. The molecule has 0 heterocycles. The maximum atomic E-state index is 13.8. The van der Waals surface area contributed by atoms with Crippen LogP contribution in [0, 0.1) is 11.6 Å². The molecule has 1 amide bonds. The fraction of sp³-hybridized carbons (Fsp3) is 0.0400. The van der Waals surface area contributed by atoms with Crippen molar-refractivity contribution in [1.29, 1.82) is 0 Å². The molecule has 0 saturated heterocycles. The molecule has 4 nitrogen and oxygen atoms in total. The highest BCUT2D eigenvalue weighted by Gasteiger charge is 2.11. The van der Waals surface area contributed by atoms with E-state index < -0.39 is 11.7 Å². The molecular formula is C25H18F2N2O2. The number of hydrogen-bond donors (Lipinski definition) is 1. The second-order valence-electron chi connectivity index (χ2n) is 6.79. The van der Waals surface area contributed by atoms with E-state index in [0.29, 0.717) is 11.3 Å². The average molecular weight is 416 g/mol. The number of nitrogens with one attached hydrogen (secondary N) is 1. The van der Waals surface area contributed by atoms with Crippen LogP contribution in [0.3, 0.4) is 0 Å². The minimum Gasteiger partial charge on any atom is -0.488 e. The van der Waals surface area contributed by atoms with Crippen LogP contribution in [0.25, 0.3) is 10.8 Å². The number of ether oxygens (including phenoxy) is 1. The first-order chi connectivity index (χ1) is 15.1. The van der Waals surface area contributed by atoms with Crippen molar-refractivity contribution in [3.8, 4) is 5.75 Å². The van der Waals surface area contributed by atoms with Crippen LogP contribution >= 0.6 is 0 Å². The Morgan fingerprint density at radius 2 is 1.65 bits per heavy atom. The van der Waals surface area contributed by atoms with E-state index in [1.54, 1.807) is 18.2 Å². The molecule has 0 atom stereocenters. The van der Waals surface area contributed by atoms with Crippen molar-refractivity contribution in [3.05, 3.63) is 113 Å². The van der Waals surface area contributed by atoms with Crippen molar-refractivity contribution in [1.82, 2.24) is 5.43 Å². The van der Waals surface area contributed by atoms with Crippen molar-refractivity contribution in [2.24, 2.45) is 5.10 Å². The zero-order valence-corrected chi connectivity index (χ0v) is 16.4. The summed E-state index contributed by atoms with van der Waals surface area (Å²) in [5.41, 5.74) is 3.73. The van der Waals surface area contributed by atoms with Gasteiger partial charge in [0, 0.05) is 5.56 Å². The predicted molar refractivity (Wildman–Crippen MR) is 116 cm³/mol. The van der Waals surface area contributed by atoms with Gasteiger partial charge in [-0.3, -0.25) is 4.79 Å². The van der Waals surface area contributed by atoms with Crippen LogP contribution in [0.15, 0.2) is 90.0 Å². The van der Waals surface area contributed by atoms with Gasteiger partial charge in [0.2, 0.25) is 0 Å². The maximum absolute atomic E-state index is 13.8. The van der Waals surface area contributed by atoms with Gasteiger partial charge in [0.1, 0.15) is 24.0 Å². The first-order valence-electron chi connectivity index (χ1n) is 9.59. The van der Waals surface area contributed by atoms with E-state index in [-0.39, 0.29) is 18.0 Å². The third kappa shape index (κ3) is 4.75. The summed E-state index contributed by atoms with van der Waals surface area (Å²) in [6, 6.07) is 23.1. The molecule has 0 unspecified atom stereocenters. The summed E-state index contributed by atoms with van der Waals surface area (Å²) in [6.45, 7) is 0.237. The van der Waals surface area contributed by atoms with Crippen LogP contribution < -0.4 is 10.2 Å². The Hall–Kier alpha value is -4.06. The minimum absolute atomic E-state index is 0.0923. The molecule has 0 aliphatic rings. The molecule has 0 aliphatic carbocycles. The number of hydrazone groups is 1. The molecule has 4 rings (SSSR count). The van der Waals surface area contributed by atoms with E-state index in [9.17, 15) is 13.6 Å². The molecule has 6 heteroatoms. The zero-order valence-electron chi connectivity index (χ0n) is 16.4. The summed E-state index contributed by atoms with van der Waals surface area (Å²) >= 11 is 0. The number of amides is 1. The van der Waals surface area contributed by atoms with Gasteiger partial charge in [0.05, 0.1) is 11.8 Å². The summed E-state index contributed by atoms with van der Waals surface area (Å²) in [5, 5.41) is 5.86. The van der Waals surface area contributed by atoms with Gasteiger partial charge in [-0.1, -0.05) is 54.6 Å². The summed E-state index contributed by atoms with van der Waals surface area (Å²) < 4.78 is 32.9. The quantitative estimate of drug-likeness (QED) is 0.335. The Morgan fingerprint density at radius 3 is 2.45 bits per heavy atom. The van der Waals surface area contributed by atoms with E-state index in [2.05, 4.69) is 10.5 Å². The van der Waals surface area contributed by atoms with E-state index in [1.165, 1.54) is 36.5 Å². The van der Waals surface area contributed by atoms with Gasteiger partial charge in [-0.2, -0.15) is 5.10 Å². The number of carbonyl (C=O) groups is 1. The maximum Gasteiger partial charge on any atom is 0.274 e. The Balaban J connectivity index is 1.59. The lowest BCUT2D eigenvalue weighted by Crippen LogP contribution is -2.19. The SMILES string of the molecule is O=C(N/N=C/c1c(OCc2ccc(F)cc2)ccc2ccccc12)c1ccccc1F. The van der Waals surface area contributed by atoms with Crippen molar-refractivity contribution < 1.29 is 18.3 Å². The van der Waals surface area contributed by atoms with Crippen LogP contribution in [-0.4, -0.2) is 12.1 Å². The number of halogens is 2. The van der Waals surface area contributed by atoms with Crippen molar-refractivity contribution in [2.75, 3.05) is 0 Å². The number of carbonyl (C=O) groups excluding carboxylic acids is 1. The number of nitrogens with zero attached hydrogens (tertiary/aromatic N) is 1. The summed E-state index contributed by atoms with van der Waals surface area (Å²) in [6.07, 6.45) is 1.47. The van der Waals surface area contributed by atoms with Crippen molar-refractivity contribution in [3.63, 3.8) is 0 Å². The number of rotatable bonds is 6. The monoisotopic (exact) mass is 416 g/mol. The number of fused-ring (bicyclic) bond motifs is 1. The van der Waals surface area contributed by atoms with Gasteiger partial charge >= 0.3 is 0 Å². The second-order valence-corrected chi connectivity index (χ2v) is 6.79. The molecule has 154 valence electrons. The molecule has 1 N–H and O–H groups in total. The van der Waals surface area contributed by atoms with Gasteiger partial charge in [-0.05, 0) is 46.7 Å². The Bertz CT molecular complexity index is 1250. The molecule has 0 aliphatic heterocycles. The van der Waals surface area contributed by atoms with Crippen LogP contribution in [0.1, 0.15) is 21.5 Å². The van der Waals surface area contributed by atoms with Crippen molar-refractivity contribution >= 4 is 22.9 Å². The predicted octanol–water partition coefficient (Wildman–Crippen LogP) is 5.46. The molecule has 4 aromatic carbocycles. The number of hydrogen-bond acceptors (Lipinski definition) is 3. The summed E-state index contributed by atoms with van der Waals surface area (Å²) in [5.74, 6) is -1.04. The van der Waals surface area contributed by atoms with Crippen LogP contribution in [0.4, 0.5) is 8.78 Å². The molecule has 0 bridgehead atoms. The average Bonchev–Trinajstić information content (AvgIpc) is 2.79. The molecule has 0 spiro atoms. The lowest BCUT2D eigenvalue weighted by atomic mass is 10.0. The van der Waals surface area contributed by atoms with E-state index in [1.807, 2.05) is 36.4 Å². The molecule has 31 heavy (non-hydrogen) atoms. The fourth-order valence-electron chi connectivity index (χ4n) is 3.14. The molecule has 0 aromatic heterocycles. The molecule has 4 aromatic rings. The Kier molecular flexibility index (Phi) is 5.98. The standard InChI is InChI=1S/C25H18F2N2O2/c26-19-12-9-17(10-13-19)16-31-24-14-11-18-5-1-2-6-20(18)22(24)15-28-29-25(30)21-7-3-4-8-23(21)27/h1-15H,16H2,(H,29,30)/b28-15+. The third-order valence-corrected chi connectivity index (χ3v) is 4.72. The minimum atomic E-state index is -0.650. The lowest BCUT2D eigenvalue weighted by Gasteiger charge is -2.12. The fourth-order valence-corrected chi connectivity index (χ4v) is 3.14. The highest BCUT2D eigenvalue weighted by molar-refractivity contribution is 6.03. The lowest BCUT2D eigenvalue weighted by molar-refractivity contribution is 0.0951. The van der Waals surface area contributed by atoms with Gasteiger partial charge in [-0.25, -0.2) is 14.2 Å². The number of benzene rings is 4. The smallest absolute Gasteiger partial charge is 0.274 e. The molecular weight excluding hydrogens is 398 g/mol. The van der Waals surface area contributed by atoms with Gasteiger partial charge < -0.3 is 4.74 Å². The van der Waals surface area contributed by atoms with Crippen LogP contribution in [0.2, 0.25) is 0 Å². The van der Waals surface area contributed by atoms with Gasteiger partial charge in [-0.15, -0.1) is 0 Å². The highest BCUT2D eigenvalue weighted by Crippen LogP contribution is 2.27. The zero-order chi connectivity index (χ0) is 21.6. The summed E-state index contributed by atoms with van der Waals surface area (Å²) in [4.78, 5) is 12.2. The molecule has 0 saturated carbocycles. The van der Waals surface area contributed by atoms with E-state index in [0.717, 1.165) is 16.3 Å².